The lowest BCUT2D eigenvalue weighted by Crippen LogP contribution is -2.13. The molecule has 0 N–H and O–H groups in total. The molecule has 1 aromatic rings. The van der Waals surface area contributed by atoms with Gasteiger partial charge in [0, 0.05) is 12.1 Å². The number of non-ortho nitro benzene ring substituents is 1. The first kappa shape index (κ1) is 12.6. The van der Waals surface area contributed by atoms with Crippen molar-refractivity contribution in [3.05, 3.63) is 33.9 Å². The molecule has 0 atom stereocenters. The zero-order valence-corrected chi connectivity index (χ0v) is 8.91. The van der Waals surface area contributed by atoms with Crippen molar-refractivity contribution in [2.75, 3.05) is 13.7 Å². The predicted molar refractivity (Wildman–Crippen MR) is 56.0 cm³/mol. The Morgan fingerprint density at radius 2 is 2.24 bits per heavy atom. The number of benzene rings is 1. The molecule has 0 aliphatic carbocycles. The van der Waals surface area contributed by atoms with Crippen LogP contribution in [0.25, 0.3) is 0 Å². The second-order valence-electron chi connectivity index (χ2n) is 2.96. The Kier molecular flexibility index (Phi) is 4.15. The van der Waals surface area contributed by atoms with Crippen LogP contribution in [-0.4, -0.2) is 30.9 Å². The quantitative estimate of drug-likeness (QED) is 0.328. The minimum absolute atomic E-state index is 0.00287. The highest BCUT2D eigenvalue weighted by atomic mass is 16.6. The summed E-state index contributed by atoms with van der Waals surface area (Å²) in [5.74, 6) is -0.517. The Hall–Kier alpha value is -2.44. The number of carbonyl (C=O) groups excluding carboxylic acids is 2. The Morgan fingerprint density at radius 3 is 2.76 bits per heavy atom. The Labute approximate surface area is 96.1 Å². The Bertz CT molecular complexity index is 456. The van der Waals surface area contributed by atoms with Crippen LogP contribution in [0, 0.1) is 10.1 Å². The molecule has 17 heavy (non-hydrogen) atoms. The highest BCUT2D eigenvalue weighted by Crippen LogP contribution is 2.22. The Balaban J connectivity index is 2.89. The maximum absolute atomic E-state index is 10.8. The SMILES string of the molecule is COC(=O)COc1ccc([N+](=O)[O-])cc1C=O. The molecule has 0 aromatic heterocycles. The molecule has 0 unspecified atom stereocenters. The fourth-order valence-electron chi connectivity index (χ4n) is 1.07. The minimum atomic E-state index is -0.628. The van der Waals surface area contributed by atoms with Crippen molar-refractivity contribution in [1.82, 2.24) is 0 Å². The number of rotatable bonds is 5. The second-order valence-corrected chi connectivity index (χ2v) is 2.96. The number of ether oxygens (including phenoxy) is 2. The molecule has 7 nitrogen and oxygen atoms in total. The number of nitrogens with zero attached hydrogens (tertiary/aromatic N) is 1. The van der Waals surface area contributed by atoms with Gasteiger partial charge in [-0.05, 0) is 6.07 Å². The molecular weight excluding hydrogens is 230 g/mol. The van der Waals surface area contributed by atoms with Crippen LogP contribution in [0.1, 0.15) is 10.4 Å². The van der Waals surface area contributed by atoms with Crippen molar-refractivity contribution in [3.8, 4) is 5.75 Å². The lowest BCUT2D eigenvalue weighted by atomic mass is 10.2. The summed E-state index contributed by atoms with van der Waals surface area (Å²) in [6.07, 6.45) is 0.416. The number of hydrogen-bond acceptors (Lipinski definition) is 6. The molecule has 0 saturated heterocycles. The summed E-state index contributed by atoms with van der Waals surface area (Å²) in [7, 11) is 1.20. The number of methoxy groups -OCH3 is 1. The maximum atomic E-state index is 10.8. The van der Waals surface area contributed by atoms with Gasteiger partial charge in [0.1, 0.15) is 5.75 Å². The van der Waals surface area contributed by atoms with E-state index in [0.29, 0.717) is 6.29 Å². The van der Waals surface area contributed by atoms with E-state index in [9.17, 15) is 19.7 Å². The van der Waals surface area contributed by atoms with E-state index in [-0.39, 0.29) is 23.6 Å². The fourth-order valence-corrected chi connectivity index (χ4v) is 1.07. The summed E-state index contributed by atoms with van der Waals surface area (Å²) in [4.78, 5) is 31.4. The molecule has 90 valence electrons. The second kappa shape index (κ2) is 5.59. The van der Waals surface area contributed by atoms with Gasteiger partial charge in [0.15, 0.2) is 12.9 Å². The van der Waals surface area contributed by atoms with Crippen LogP contribution in [0.4, 0.5) is 5.69 Å². The highest BCUT2D eigenvalue weighted by Gasteiger charge is 2.12. The third-order valence-electron chi connectivity index (χ3n) is 1.90. The monoisotopic (exact) mass is 239 g/mol. The highest BCUT2D eigenvalue weighted by molar-refractivity contribution is 5.81. The smallest absolute Gasteiger partial charge is 0.343 e. The van der Waals surface area contributed by atoms with E-state index in [1.54, 1.807) is 0 Å². The molecule has 1 rings (SSSR count). The molecule has 0 aliphatic rings. The van der Waals surface area contributed by atoms with E-state index in [1.807, 2.05) is 0 Å². The molecule has 0 amide bonds. The molecule has 0 aliphatic heterocycles. The molecular formula is C10H9NO6. The number of carbonyl (C=O) groups is 2. The first-order valence-electron chi connectivity index (χ1n) is 4.51. The largest absolute Gasteiger partial charge is 0.481 e. The van der Waals surface area contributed by atoms with Crippen LogP contribution < -0.4 is 4.74 Å². The molecule has 0 heterocycles. The molecule has 0 fully saturated rings. The summed E-state index contributed by atoms with van der Waals surface area (Å²) in [5.41, 5.74) is -0.222. The minimum Gasteiger partial charge on any atom is -0.481 e. The van der Waals surface area contributed by atoms with Crippen molar-refractivity contribution in [2.45, 2.75) is 0 Å². The third kappa shape index (κ3) is 3.26. The average molecular weight is 239 g/mol. The van der Waals surface area contributed by atoms with Gasteiger partial charge in [0.25, 0.3) is 5.69 Å². The van der Waals surface area contributed by atoms with E-state index in [0.717, 1.165) is 6.07 Å². The van der Waals surface area contributed by atoms with Gasteiger partial charge in [-0.1, -0.05) is 0 Å². The maximum Gasteiger partial charge on any atom is 0.343 e. The van der Waals surface area contributed by atoms with Crippen molar-refractivity contribution in [1.29, 1.82) is 0 Å². The Morgan fingerprint density at radius 1 is 1.53 bits per heavy atom. The molecule has 1 aromatic carbocycles. The first-order valence-corrected chi connectivity index (χ1v) is 4.51. The van der Waals surface area contributed by atoms with Crippen LogP contribution in [0.5, 0.6) is 5.75 Å². The van der Waals surface area contributed by atoms with Crippen molar-refractivity contribution < 1.29 is 24.0 Å². The van der Waals surface area contributed by atoms with Crippen LogP contribution in [0.3, 0.4) is 0 Å². The topological polar surface area (TPSA) is 95.7 Å². The lowest BCUT2D eigenvalue weighted by molar-refractivity contribution is -0.384. The van der Waals surface area contributed by atoms with Crippen molar-refractivity contribution in [2.24, 2.45) is 0 Å². The van der Waals surface area contributed by atoms with Gasteiger partial charge in [-0.3, -0.25) is 14.9 Å². The summed E-state index contributed by atoms with van der Waals surface area (Å²) < 4.78 is 9.33. The summed E-state index contributed by atoms with van der Waals surface area (Å²) >= 11 is 0. The number of esters is 1. The summed E-state index contributed by atoms with van der Waals surface area (Å²) in [5, 5.41) is 10.5. The number of hydrogen-bond donors (Lipinski definition) is 0. The zero-order valence-electron chi connectivity index (χ0n) is 8.91. The van der Waals surface area contributed by atoms with Crippen LogP contribution in [-0.2, 0) is 9.53 Å². The molecule has 0 radical (unpaired) electrons. The van der Waals surface area contributed by atoms with Crippen LogP contribution in [0.15, 0.2) is 18.2 Å². The van der Waals surface area contributed by atoms with Crippen molar-refractivity contribution in [3.63, 3.8) is 0 Å². The standard InChI is InChI=1S/C10H9NO6/c1-16-10(13)6-17-9-3-2-8(11(14)15)4-7(9)5-12/h2-5H,6H2,1H3. The van der Waals surface area contributed by atoms with Gasteiger partial charge in [0.05, 0.1) is 17.6 Å². The van der Waals surface area contributed by atoms with Gasteiger partial charge >= 0.3 is 5.97 Å². The van der Waals surface area contributed by atoms with Gasteiger partial charge < -0.3 is 9.47 Å². The normalized spacial score (nSPS) is 9.47. The average Bonchev–Trinajstić information content (AvgIpc) is 2.35. The summed E-state index contributed by atoms with van der Waals surface area (Å²) in [6.45, 7) is -0.366. The number of aldehydes is 1. The lowest BCUT2D eigenvalue weighted by Gasteiger charge is -2.06. The molecule has 0 saturated carbocycles. The summed E-state index contributed by atoms with van der Waals surface area (Å²) in [6, 6.07) is 3.50. The zero-order chi connectivity index (χ0) is 12.8. The first-order chi connectivity index (χ1) is 8.08. The van der Waals surface area contributed by atoms with E-state index < -0.39 is 10.9 Å². The third-order valence-corrected chi connectivity index (χ3v) is 1.90. The molecule has 7 heteroatoms. The van der Waals surface area contributed by atoms with Crippen LogP contribution in [0.2, 0.25) is 0 Å². The van der Waals surface area contributed by atoms with E-state index >= 15 is 0 Å². The van der Waals surface area contributed by atoms with E-state index in [4.69, 9.17) is 4.74 Å². The van der Waals surface area contributed by atoms with Crippen molar-refractivity contribution >= 4 is 17.9 Å². The molecule has 0 spiro atoms. The number of nitro groups is 1. The fraction of sp³-hybridized carbons (Fsp3) is 0.200. The van der Waals surface area contributed by atoms with E-state index in [2.05, 4.69) is 4.74 Å². The van der Waals surface area contributed by atoms with Gasteiger partial charge in [-0.25, -0.2) is 4.79 Å². The van der Waals surface area contributed by atoms with Crippen LogP contribution >= 0.6 is 0 Å². The van der Waals surface area contributed by atoms with E-state index in [1.165, 1.54) is 19.2 Å². The van der Waals surface area contributed by atoms with Gasteiger partial charge in [0.2, 0.25) is 0 Å². The van der Waals surface area contributed by atoms with Gasteiger partial charge in [-0.2, -0.15) is 0 Å². The predicted octanol–water partition coefficient (Wildman–Crippen LogP) is 0.959. The van der Waals surface area contributed by atoms with Gasteiger partial charge in [-0.15, -0.1) is 0 Å². The number of nitro benzene ring substituents is 1. The molecule has 0 bridgehead atoms.